The highest BCUT2D eigenvalue weighted by Gasteiger charge is 2.35. The van der Waals surface area contributed by atoms with E-state index in [1.54, 1.807) is 6.08 Å². The fraction of sp³-hybridized carbons (Fsp3) is 0.733. The molecule has 4 N–H and O–H groups in total. The van der Waals surface area contributed by atoms with Crippen molar-refractivity contribution < 1.29 is 19.4 Å². The Kier molecular flexibility index (Phi) is 5.36. The predicted octanol–water partition coefficient (Wildman–Crippen LogP) is 0.951. The number of amides is 1. The first kappa shape index (κ1) is 16.0. The summed E-state index contributed by atoms with van der Waals surface area (Å²) in [7, 11) is 0. The van der Waals surface area contributed by atoms with Gasteiger partial charge in [-0.05, 0) is 25.3 Å². The lowest BCUT2D eigenvalue weighted by Gasteiger charge is -2.37. The van der Waals surface area contributed by atoms with Gasteiger partial charge in [-0.2, -0.15) is 0 Å². The van der Waals surface area contributed by atoms with E-state index in [-0.39, 0.29) is 30.0 Å². The number of carboxylic acids is 1. The first-order chi connectivity index (χ1) is 9.97. The molecular formula is C15H24N2O4. The highest BCUT2D eigenvalue weighted by molar-refractivity contribution is 5.87. The van der Waals surface area contributed by atoms with Crippen LogP contribution in [0.1, 0.15) is 45.4 Å². The van der Waals surface area contributed by atoms with Gasteiger partial charge in [-0.25, -0.2) is 4.79 Å². The van der Waals surface area contributed by atoms with Gasteiger partial charge in [0.1, 0.15) is 0 Å². The molecule has 0 unspecified atom stereocenters. The Hall–Kier alpha value is -1.40. The molecule has 0 bridgehead atoms. The second-order valence-electron chi connectivity index (χ2n) is 5.95. The second kappa shape index (κ2) is 7.04. The standard InChI is InChI=1S/C15H24N2O4/c1-9(18)17-14-12(16)7-10(15(19)20)8-13(14)21-11-5-3-2-4-6-11/h8,11-14H,2-7,16H2,1H3,(H,17,18)(H,19,20)/t12-,13+,14+/m0/s1. The van der Waals surface area contributed by atoms with Crippen molar-refractivity contribution in [1.82, 2.24) is 5.32 Å². The summed E-state index contributed by atoms with van der Waals surface area (Å²) in [5, 5.41) is 12.0. The minimum Gasteiger partial charge on any atom is -0.478 e. The lowest BCUT2D eigenvalue weighted by molar-refractivity contribution is -0.133. The molecular weight excluding hydrogens is 272 g/mol. The van der Waals surface area contributed by atoms with Gasteiger partial charge < -0.3 is 20.9 Å². The molecule has 118 valence electrons. The molecule has 0 aromatic heterocycles. The Labute approximate surface area is 124 Å². The van der Waals surface area contributed by atoms with Crippen molar-refractivity contribution in [2.24, 2.45) is 5.73 Å². The average molecular weight is 296 g/mol. The fourth-order valence-electron chi connectivity index (χ4n) is 3.12. The highest BCUT2D eigenvalue weighted by Crippen LogP contribution is 2.27. The van der Waals surface area contributed by atoms with E-state index >= 15 is 0 Å². The van der Waals surface area contributed by atoms with Crippen molar-refractivity contribution in [3.63, 3.8) is 0 Å². The molecule has 21 heavy (non-hydrogen) atoms. The summed E-state index contributed by atoms with van der Waals surface area (Å²) in [6.07, 6.45) is 6.95. The lowest BCUT2D eigenvalue weighted by atomic mass is 9.88. The zero-order valence-corrected chi connectivity index (χ0v) is 12.4. The summed E-state index contributed by atoms with van der Waals surface area (Å²) >= 11 is 0. The van der Waals surface area contributed by atoms with E-state index in [1.165, 1.54) is 13.3 Å². The van der Waals surface area contributed by atoms with Crippen LogP contribution in [0.5, 0.6) is 0 Å². The Balaban J connectivity index is 2.13. The highest BCUT2D eigenvalue weighted by atomic mass is 16.5. The molecule has 0 radical (unpaired) electrons. The SMILES string of the molecule is CC(=O)N[C@@H]1[C@@H](N)CC(C(=O)O)=C[C@H]1OC1CCCCC1. The molecule has 6 nitrogen and oxygen atoms in total. The largest absolute Gasteiger partial charge is 0.478 e. The molecule has 2 aliphatic rings. The first-order valence-corrected chi connectivity index (χ1v) is 7.59. The van der Waals surface area contributed by atoms with Crippen molar-refractivity contribution in [1.29, 1.82) is 0 Å². The van der Waals surface area contributed by atoms with Crippen LogP contribution in [-0.4, -0.2) is 41.3 Å². The van der Waals surface area contributed by atoms with Crippen LogP contribution in [-0.2, 0) is 14.3 Å². The summed E-state index contributed by atoms with van der Waals surface area (Å²) in [5.74, 6) is -1.15. The number of nitrogens with one attached hydrogen (secondary N) is 1. The Bertz CT molecular complexity index is 429. The summed E-state index contributed by atoms with van der Waals surface area (Å²) < 4.78 is 6.06. The molecule has 0 spiro atoms. The molecule has 0 aromatic rings. The molecule has 0 aromatic carbocycles. The average Bonchev–Trinajstić information content (AvgIpc) is 2.43. The fourth-order valence-corrected chi connectivity index (χ4v) is 3.12. The van der Waals surface area contributed by atoms with Crippen LogP contribution in [0, 0.1) is 0 Å². The number of rotatable bonds is 4. The Morgan fingerprint density at radius 1 is 1.33 bits per heavy atom. The first-order valence-electron chi connectivity index (χ1n) is 7.59. The molecule has 2 aliphatic carbocycles. The zero-order valence-electron chi connectivity index (χ0n) is 12.4. The van der Waals surface area contributed by atoms with Crippen molar-refractivity contribution in [3.8, 4) is 0 Å². The number of hydrogen-bond donors (Lipinski definition) is 3. The summed E-state index contributed by atoms with van der Waals surface area (Å²) in [5.41, 5.74) is 6.32. The van der Waals surface area contributed by atoms with Crippen LogP contribution >= 0.6 is 0 Å². The van der Waals surface area contributed by atoms with E-state index in [1.807, 2.05) is 0 Å². The van der Waals surface area contributed by atoms with E-state index < -0.39 is 18.1 Å². The van der Waals surface area contributed by atoms with Crippen molar-refractivity contribution in [3.05, 3.63) is 11.6 Å². The summed E-state index contributed by atoms with van der Waals surface area (Å²) in [4.78, 5) is 22.6. The van der Waals surface area contributed by atoms with Gasteiger partial charge in [0.05, 0.1) is 18.2 Å². The normalized spacial score (nSPS) is 30.6. The number of carbonyl (C=O) groups is 2. The molecule has 1 amide bonds. The van der Waals surface area contributed by atoms with Crippen LogP contribution in [0.3, 0.4) is 0 Å². The third kappa shape index (κ3) is 4.28. The van der Waals surface area contributed by atoms with E-state index in [4.69, 9.17) is 10.5 Å². The van der Waals surface area contributed by atoms with Gasteiger partial charge in [0.2, 0.25) is 5.91 Å². The van der Waals surface area contributed by atoms with E-state index in [0.717, 1.165) is 25.7 Å². The van der Waals surface area contributed by atoms with Gasteiger partial charge in [0, 0.05) is 18.5 Å². The summed E-state index contributed by atoms with van der Waals surface area (Å²) in [6.45, 7) is 1.43. The van der Waals surface area contributed by atoms with Crippen LogP contribution in [0.4, 0.5) is 0 Å². The van der Waals surface area contributed by atoms with Gasteiger partial charge in [0.25, 0.3) is 0 Å². The van der Waals surface area contributed by atoms with Crippen LogP contribution in [0.15, 0.2) is 11.6 Å². The minimum absolute atomic E-state index is 0.122. The number of carbonyl (C=O) groups excluding carboxylic acids is 1. The van der Waals surface area contributed by atoms with E-state index in [2.05, 4.69) is 5.32 Å². The molecule has 0 aliphatic heterocycles. The van der Waals surface area contributed by atoms with Gasteiger partial charge >= 0.3 is 5.97 Å². The van der Waals surface area contributed by atoms with Gasteiger partial charge in [-0.3, -0.25) is 4.79 Å². The van der Waals surface area contributed by atoms with Gasteiger partial charge in [0.15, 0.2) is 0 Å². The van der Waals surface area contributed by atoms with Crippen molar-refractivity contribution in [2.45, 2.75) is 69.7 Å². The third-order valence-electron chi connectivity index (χ3n) is 4.18. The third-order valence-corrected chi connectivity index (χ3v) is 4.18. The van der Waals surface area contributed by atoms with E-state index in [0.29, 0.717) is 0 Å². The molecule has 6 heteroatoms. The van der Waals surface area contributed by atoms with Gasteiger partial charge in [-0.15, -0.1) is 0 Å². The number of ether oxygens (including phenoxy) is 1. The molecule has 0 saturated heterocycles. The number of aliphatic carboxylic acids is 1. The minimum atomic E-state index is -0.969. The molecule has 1 fully saturated rings. The van der Waals surface area contributed by atoms with Gasteiger partial charge in [-0.1, -0.05) is 19.3 Å². The maximum atomic E-state index is 11.4. The Morgan fingerprint density at radius 3 is 2.57 bits per heavy atom. The maximum absolute atomic E-state index is 11.4. The molecule has 0 heterocycles. The van der Waals surface area contributed by atoms with Crippen LogP contribution in [0.2, 0.25) is 0 Å². The second-order valence-corrected chi connectivity index (χ2v) is 5.95. The monoisotopic (exact) mass is 296 g/mol. The summed E-state index contributed by atoms with van der Waals surface area (Å²) in [6, 6.07) is -0.814. The number of nitrogens with two attached hydrogens (primary N) is 1. The van der Waals surface area contributed by atoms with E-state index in [9.17, 15) is 14.7 Å². The smallest absolute Gasteiger partial charge is 0.331 e. The molecule has 1 saturated carbocycles. The molecule has 2 rings (SSSR count). The predicted molar refractivity (Wildman–Crippen MR) is 77.7 cm³/mol. The van der Waals surface area contributed by atoms with Crippen molar-refractivity contribution in [2.75, 3.05) is 0 Å². The topological polar surface area (TPSA) is 102 Å². The maximum Gasteiger partial charge on any atom is 0.331 e. The Morgan fingerprint density at radius 2 is 2.00 bits per heavy atom. The zero-order chi connectivity index (χ0) is 15.4. The lowest BCUT2D eigenvalue weighted by Crippen LogP contribution is -2.57. The number of carboxylic acid groups (broad SMARTS) is 1. The van der Waals surface area contributed by atoms with Crippen LogP contribution < -0.4 is 11.1 Å². The quantitative estimate of drug-likeness (QED) is 0.717. The molecule has 3 atom stereocenters. The van der Waals surface area contributed by atoms with Crippen LogP contribution in [0.25, 0.3) is 0 Å². The number of hydrogen-bond acceptors (Lipinski definition) is 4. The van der Waals surface area contributed by atoms with Crippen molar-refractivity contribution >= 4 is 11.9 Å².